The van der Waals surface area contributed by atoms with E-state index in [1.165, 1.54) is 24.3 Å². The number of benzene rings is 1. The average molecular weight is 295 g/mol. The zero-order chi connectivity index (χ0) is 16.2. The van der Waals surface area contributed by atoms with Crippen LogP contribution in [0, 0.1) is 0 Å². The van der Waals surface area contributed by atoms with E-state index in [1.807, 2.05) is 0 Å². The number of carbonyl (C=O) groups excluding carboxylic acids is 1. The molecule has 0 spiro atoms. The van der Waals surface area contributed by atoms with Crippen LogP contribution < -0.4 is 0 Å². The van der Waals surface area contributed by atoms with E-state index in [4.69, 9.17) is 4.74 Å². The second-order valence-corrected chi connectivity index (χ2v) is 5.60. The molecule has 1 aromatic rings. The monoisotopic (exact) mass is 295 g/mol. The minimum atomic E-state index is -1.16. The first kappa shape index (κ1) is 16.8. The van der Waals surface area contributed by atoms with E-state index < -0.39 is 23.7 Å². The molecule has 0 aliphatic carbocycles. The van der Waals surface area contributed by atoms with E-state index in [-0.39, 0.29) is 12.3 Å². The number of phenolic OH excluding ortho intramolecular Hbond substituents is 1. The van der Waals surface area contributed by atoms with Gasteiger partial charge < -0.3 is 14.9 Å². The fraction of sp³-hybridized carbons (Fsp3) is 0.467. The number of nitrogens with zero attached hydrogens (tertiary/aromatic N) is 1. The van der Waals surface area contributed by atoms with Crippen LogP contribution in [0.25, 0.3) is 0 Å². The fourth-order valence-electron chi connectivity index (χ4n) is 1.85. The van der Waals surface area contributed by atoms with Gasteiger partial charge in [-0.05, 0) is 45.4 Å². The highest BCUT2D eigenvalue weighted by molar-refractivity contribution is 5.81. The SMILES string of the molecule is CCN(C(=O)OC(C)(C)C)C(C(=O)O)c1ccc(O)cc1. The molecule has 0 saturated carbocycles. The largest absolute Gasteiger partial charge is 0.508 e. The molecule has 0 aliphatic rings. The molecule has 21 heavy (non-hydrogen) atoms. The van der Waals surface area contributed by atoms with Gasteiger partial charge >= 0.3 is 12.1 Å². The van der Waals surface area contributed by atoms with Gasteiger partial charge in [0.25, 0.3) is 0 Å². The van der Waals surface area contributed by atoms with Gasteiger partial charge in [-0.3, -0.25) is 4.90 Å². The number of rotatable bonds is 4. The molecule has 0 aliphatic heterocycles. The second-order valence-electron chi connectivity index (χ2n) is 5.60. The van der Waals surface area contributed by atoms with Gasteiger partial charge in [0.2, 0.25) is 0 Å². The summed E-state index contributed by atoms with van der Waals surface area (Å²) in [6.45, 7) is 7.02. The van der Waals surface area contributed by atoms with Crippen molar-refractivity contribution < 1.29 is 24.5 Å². The number of amides is 1. The van der Waals surface area contributed by atoms with E-state index in [0.717, 1.165) is 4.90 Å². The Morgan fingerprint density at radius 1 is 1.24 bits per heavy atom. The smallest absolute Gasteiger partial charge is 0.411 e. The summed E-state index contributed by atoms with van der Waals surface area (Å²) >= 11 is 0. The van der Waals surface area contributed by atoms with E-state index in [1.54, 1.807) is 27.7 Å². The van der Waals surface area contributed by atoms with Crippen molar-refractivity contribution in [1.29, 1.82) is 0 Å². The van der Waals surface area contributed by atoms with Crippen LogP contribution >= 0.6 is 0 Å². The second kappa shape index (κ2) is 6.47. The van der Waals surface area contributed by atoms with Crippen molar-refractivity contribution >= 4 is 12.1 Å². The Bertz CT molecular complexity index is 504. The quantitative estimate of drug-likeness (QED) is 0.891. The van der Waals surface area contributed by atoms with Gasteiger partial charge in [-0.15, -0.1) is 0 Å². The minimum Gasteiger partial charge on any atom is -0.508 e. The molecule has 0 saturated heterocycles. The number of phenols is 1. The number of carboxylic acids is 1. The first-order valence-corrected chi connectivity index (χ1v) is 6.67. The number of hydrogen-bond acceptors (Lipinski definition) is 4. The molecular formula is C15H21NO5. The van der Waals surface area contributed by atoms with Crippen LogP contribution in [0.2, 0.25) is 0 Å². The maximum Gasteiger partial charge on any atom is 0.411 e. The Morgan fingerprint density at radius 3 is 2.14 bits per heavy atom. The maximum absolute atomic E-state index is 12.2. The molecule has 2 N–H and O–H groups in total. The number of hydrogen-bond donors (Lipinski definition) is 2. The lowest BCUT2D eigenvalue weighted by atomic mass is 10.1. The molecule has 0 bridgehead atoms. The van der Waals surface area contributed by atoms with Crippen molar-refractivity contribution in [3.63, 3.8) is 0 Å². The van der Waals surface area contributed by atoms with Crippen molar-refractivity contribution in [2.24, 2.45) is 0 Å². The van der Waals surface area contributed by atoms with Crippen LogP contribution in [0.15, 0.2) is 24.3 Å². The third kappa shape index (κ3) is 4.66. The summed E-state index contributed by atoms with van der Waals surface area (Å²) in [5.74, 6) is -1.13. The standard InChI is InChI=1S/C15H21NO5/c1-5-16(14(20)21-15(2,3)4)12(13(18)19)10-6-8-11(17)9-7-10/h6-9,12,17H,5H2,1-4H3,(H,18,19). The van der Waals surface area contributed by atoms with E-state index >= 15 is 0 Å². The number of aromatic hydroxyl groups is 1. The summed E-state index contributed by atoms with van der Waals surface area (Å²) in [5, 5.41) is 18.7. The molecular weight excluding hydrogens is 274 g/mol. The van der Waals surface area contributed by atoms with Crippen LogP contribution in [-0.2, 0) is 9.53 Å². The minimum absolute atomic E-state index is 0.0307. The fourth-order valence-corrected chi connectivity index (χ4v) is 1.85. The Balaban J connectivity index is 3.09. The number of carboxylic acid groups (broad SMARTS) is 1. The van der Waals surface area contributed by atoms with E-state index in [0.29, 0.717) is 5.56 Å². The Morgan fingerprint density at radius 2 is 1.76 bits per heavy atom. The first-order chi connectivity index (χ1) is 9.65. The third-order valence-electron chi connectivity index (χ3n) is 2.72. The highest BCUT2D eigenvalue weighted by atomic mass is 16.6. The average Bonchev–Trinajstić information content (AvgIpc) is 2.34. The summed E-state index contributed by atoms with van der Waals surface area (Å²) in [7, 11) is 0. The Hall–Kier alpha value is -2.24. The summed E-state index contributed by atoms with van der Waals surface area (Å²) < 4.78 is 5.24. The molecule has 0 fully saturated rings. The summed E-state index contributed by atoms with van der Waals surface area (Å²) in [4.78, 5) is 24.8. The molecule has 116 valence electrons. The molecule has 0 radical (unpaired) electrons. The first-order valence-electron chi connectivity index (χ1n) is 6.67. The highest BCUT2D eigenvalue weighted by Crippen LogP contribution is 2.25. The molecule has 0 aromatic heterocycles. The van der Waals surface area contributed by atoms with Crippen LogP contribution in [0.5, 0.6) is 5.75 Å². The maximum atomic E-state index is 12.2. The third-order valence-corrected chi connectivity index (χ3v) is 2.72. The molecule has 1 rings (SSSR count). The summed E-state index contributed by atoms with van der Waals surface area (Å²) in [6.07, 6.45) is -0.689. The number of aliphatic carboxylic acids is 1. The molecule has 1 amide bonds. The van der Waals surface area contributed by atoms with Crippen LogP contribution in [0.1, 0.15) is 39.3 Å². The van der Waals surface area contributed by atoms with Gasteiger partial charge in [-0.25, -0.2) is 9.59 Å². The van der Waals surface area contributed by atoms with Gasteiger partial charge in [-0.2, -0.15) is 0 Å². The lowest BCUT2D eigenvalue weighted by Crippen LogP contribution is -2.42. The molecule has 0 heterocycles. The van der Waals surface area contributed by atoms with Crippen molar-refractivity contribution in [2.45, 2.75) is 39.3 Å². The van der Waals surface area contributed by atoms with Crippen LogP contribution in [-0.4, -0.2) is 39.3 Å². The van der Waals surface area contributed by atoms with Crippen LogP contribution in [0.3, 0.4) is 0 Å². The molecule has 1 aromatic carbocycles. The summed E-state index contributed by atoms with van der Waals surface area (Å²) in [6, 6.07) is 4.55. The predicted molar refractivity (Wildman–Crippen MR) is 77.1 cm³/mol. The van der Waals surface area contributed by atoms with Crippen molar-refractivity contribution in [3.05, 3.63) is 29.8 Å². The van der Waals surface area contributed by atoms with E-state index in [2.05, 4.69) is 0 Å². The van der Waals surface area contributed by atoms with Gasteiger partial charge in [0.1, 0.15) is 11.4 Å². The van der Waals surface area contributed by atoms with Gasteiger partial charge in [0.05, 0.1) is 0 Å². The molecule has 1 atom stereocenters. The van der Waals surface area contributed by atoms with Crippen LogP contribution in [0.4, 0.5) is 4.79 Å². The number of ether oxygens (including phenoxy) is 1. The van der Waals surface area contributed by atoms with Gasteiger partial charge in [-0.1, -0.05) is 12.1 Å². The topological polar surface area (TPSA) is 87.1 Å². The highest BCUT2D eigenvalue weighted by Gasteiger charge is 2.33. The van der Waals surface area contributed by atoms with Crippen molar-refractivity contribution in [2.75, 3.05) is 6.54 Å². The van der Waals surface area contributed by atoms with Crippen molar-refractivity contribution in [3.8, 4) is 5.75 Å². The zero-order valence-corrected chi connectivity index (χ0v) is 12.7. The van der Waals surface area contributed by atoms with Gasteiger partial charge in [0, 0.05) is 6.54 Å². The number of carbonyl (C=O) groups is 2. The predicted octanol–water partition coefficient (Wildman–Crippen LogP) is 2.77. The van der Waals surface area contributed by atoms with E-state index in [9.17, 15) is 19.8 Å². The Kier molecular flexibility index (Phi) is 5.18. The molecule has 1 unspecified atom stereocenters. The molecule has 6 nitrogen and oxygen atoms in total. The zero-order valence-electron chi connectivity index (χ0n) is 12.7. The molecule has 6 heteroatoms. The normalized spacial score (nSPS) is 12.6. The lowest BCUT2D eigenvalue weighted by Gasteiger charge is -2.30. The Labute approximate surface area is 124 Å². The lowest BCUT2D eigenvalue weighted by molar-refractivity contribution is -0.143. The summed E-state index contributed by atoms with van der Waals surface area (Å²) in [5.41, 5.74) is -0.310. The van der Waals surface area contributed by atoms with Gasteiger partial charge in [0.15, 0.2) is 6.04 Å². The number of likely N-dealkylation sites (N-methyl/N-ethyl adjacent to an activating group) is 1. The van der Waals surface area contributed by atoms with Crippen molar-refractivity contribution in [1.82, 2.24) is 4.90 Å².